The summed E-state index contributed by atoms with van der Waals surface area (Å²) in [7, 11) is 0. The van der Waals surface area contributed by atoms with Gasteiger partial charge in [-0.15, -0.1) is 0 Å². The van der Waals surface area contributed by atoms with Crippen molar-refractivity contribution < 1.29 is 14.3 Å². The molecular weight excluding hydrogens is 283 g/mol. The minimum Gasteiger partial charge on any atom is -0.387 e. The fourth-order valence-corrected chi connectivity index (χ4v) is 3.02. The molecule has 2 atom stereocenters. The molecule has 1 amide bonds. The van der Waals surface area contributed by atoms with E-state index in [1.165, 1.54) is 12.1 Å². The quantitative estimate of drug-likeness (QED) is 0.754. The Bertz CT molecular complexity index is 519. The Morgan fingerprint density at radius 1 is 1.50 bits per heavy atom. The number of benzene rings is 1. The van der Waals surface area contributed by atoms with Gasteiger partial charge in [0.2, 0.25) is 5.91 Å². The SMILES string of the molecule is CC(C)(C[C@@H]1CCNC(=O)C1)NC[C@H](O)c1cccc(F)c1. The molecule has 1 aliphatic heterocycles. The number of nitrogens with one attached hydrogen (secondary N) is 2. The summed E-state index contributed by atoms with van der Waals surface area (Å²) in [5.41, 5.74) is 0.386. The van der Waals surface area contributed by atoms with Crippen LogP contribution in [0.2, 0.25) is 0 Å². The van der Waals surface area contributed by atoms with Crippen LogP contribution in [0.4, 0.5) is 4.39 Å². The highest BCUT2D eigenvalue weighted by molar-refractivity contribution is 5.76. The van der Waals surface area contributed by atoms with Gasteiger partial charge in [-0.25, -0.2) is 4.39 Å². The molecule has 122 valence electrons. The number of halogens is 1. The third-order valence-corrected chi connectivity index (χ3v) is 4.16. The van der Waals surface area contributed by atoms with Crippen LogP contribution in [0.3, 0.4) is 0 Å². The van der Waals surface area contributed by atoms with Gasteiger partial charge < -0.3 is 15.7 Å². The van der Waals surface area contributed by atoms with E-state index >= 15 is 0 Å². The normalized spacial score (nSPS) is 20.5. The molecule has 0 radical (unpaired) electrons. The number of carbonyl (C=O) groups excluding carboxylic acids is 1. The van der Waals surface area contributed by atoms with Gasteiger partial charge in [0, 0.05) is 25.0 Å². The number of amides is 1. The third-order valence-electron chi connectivity index (χ3n) is 4.16. The molecule has 0 aromatic heterocycles. The largest absolute Gasteiger partial charge is 0.387 e. The molecule has 0 unspecified atom stereocenters. The summed E-state index contributed by atoms with van der Waals surface area (Å²) in [5, 5.41) is 16.3. The predicted molar refractivity (Wildman–Crippen MR) is 83.8 cm³/mol. The molecule has 2 rings (SSSR count). The minimum absolute atomic E-state index is 0.117. The van der Waals surface area contributed by atoms with E-state index in [9.17, 15) is 14.3 Å². The minimum atomic E-state index is -0.746. The summed E-state index contributed by atoms with van der Waals surface area (Å²) in [6.07, 6.45) is 1.68. The average Bonchev–Trinajstić information content (AvgIpc) is 2.44. The Labute approximate surface area is 131 Å². The van der Waals surface area contributed by atoms with Crippen LogP contribution in [-0.4, -0.2) is 29.6 Å². The van der Waals surface area contributed by atoms with Gasteiger partial charge >= 0.3 is 0 Å². The summed E-state index contributed by atoms with van der Waals surface area (Å²) >= 11 is 0. The molecule has 3 N–H and O–H groups in total. The van der Waals surface area contributed by atoms with Crippen molar-refractivity contribution in [2.75, 3.05) is 13.1 Å². The lowest BCUT2D eigenvalue weighted by Gasteiger charge is -2.33. The van der Waals surface area contributed by atoms with Gasteiger partial charge in [-0.2, -0.15) is 0 Å². The van der Waals surface area contributed by atoms with Crippen LogP contribution >= 0.6 is 0 Å². The fourth-order valence-electron chi connectivity index (χ4n) is 3.02. The molecule has 4 nitrogen and oxygen atoms in total. The Morgan fingerprint density at radius 3 is 2.95 bits per heavy atom. The number of rotatable bonds is 6. The lowest BCUT2D eigenvalue weighted by molar-refractivity contribution is -0.123. The van der Waals surface area contributed by atoms with Gasteiger partial charge in [0.25, 0.3) is 0 Å². The molecule has 5 heteroatoms. The molecule has 1 heterocycles. The molecule has 0 saturated carbocycles. The van der Waals surface area contributed by atoms with Crippen LogP contribution in [0.1, 0.15) is 44.8 Å². The van der Waals surface area contributed by atoms with Gasteiger partial charge in [0.05, 0.1) is 6.10 Å². The van der Waals surface area contributed by atoms with Crippen molar-refractivity contribution in [1.29, 1.82) is 0 Å². The molecule has 22 heavy (non-hydrogen) atoms. The lowest BCUT2D eigenvalue weighted by Crippen LogP contribution is -2.45. The van der Waals surface area contributed by atoms with Crippen LogP contribution in [0, 0.1) is 11.7 Å². The zero-order chi connectivity index (χ0) is 16.2. The number of β-amino-alcohol motifs (C(OH)–C–C–N with tert-alkyl or cyclic N) is 1. The van der Waals surface area contributed by atoms with Gasteiger partial charge in [-0.3, -0.25) is 4.79 Å². The smallest absolute Gasteiger partial charge is 0.220 e. The second-order valence-corrected chi connectivity index (χ2v) is 6.75. The number of carbonyl (C=O) groups is 1. The molecule has 1 saturated heterocycles. The third kappa shape index (κ3) is 5.07. The lowest BCUT2D eigenvalue weighted by atomic mass is 9.84. The van der Waals surface area contributed by atoms with Crippen molar-refractivity contribution in [2.45, 2.75) is 44.8 Å². The number of aliphatic hydroxyl groups is 1. The molecule has 1 fully saturated rings. The van der Waals surface area contributed by atoms with Gasteiger partial charge in [0.15, 0.2) is 0 Å². The number of aliphatic hydroxyl groups excluding tert-OH is 1. The first-order chi connectivity index (χ1) is 10.4. The maximum Gasteiger partial charge on any atom is 0.220 e. The van der Waals surface area contributed by atoms with Crippen molar-refractivity contribution in [3.8, 4) is 0 Å². The second-order valence-electron chi connectivity index (χ2n) is 6.75. The highest BCUT2D eigenvalue weighted by atomic mass is 19.1. The van der Waals surface area contributed by atoms with E-state index in [2.05, 4.69) is 24.5 Å². The van der Waals surface area contributed by atoms with E-state index < -0.39 is 6.10 Å². The Morgan fingerprint density at radius 2 is 2.27 bits per heavy atom. The fraction of sp³-hybridized carbons (Fsp3) is 0.588. The van der Waals surface area contributed by atoms with E-state index in [-0.39, 0.29) is 17.3 Å². The maximum atomic E-state index is 13.2. The molecule has 0 bridgehead atoms. The first kappa shape index (κ1) is 16.9. The van der Waals surface area contributed by atoms with E-state index in [1.54, 1.807) is 12.1 Å². The van der Waals surface area contributed by atoms with Gasteiger partial charge in [-0.05, 0) is 50.3 Å². The molecule has 1 aromatic carbocycles. The Balaban J connectivity index is 1.84. The number of hydrogen-bond acceptors (Lipinski definition) is 3. The topological polar surface area (TPSA) is 61.4 Å². The standard InChI is InChI=1S/C17H25FN2O2/c1-17(2,10-12-6-7-19-16(22)8-12)20-11-15(21)13-4-3-5-14(18)9-13/h3-5,9,12,15,20-21H,6-8,10-11H2,1-2H3,(H,19,22)/t12-,15+/m1/s1. The first-order valence-corrected chi connectivity index (χ1v) is 7.81. The monoisotopic (exact) mass is 308 g/mol. The summed E-state index contributed by atoms with van der Waals surface area (Å²) in [6, 6.07) is 6.03. The molecular formula is C17H25FN2O2. The molecule has 0 aliphatic carbocycles. The number of hydrogen-bond donors (Lipinski definition) is 3. The average molecular weight is 308 g/mol. The van der Waals surface area contributed by atoms with Crippen molar-refractivity contribution in [3.05, 3.63) is 35.6 Å². The molecule has 1 aromatic rings. The molecule has 1 aliphatic rings. The maximum absolute atomic E-state index is 13.2. The van der Waals surface area contributed by atoms with Gasteiger partial charge in [0.1, 0.15) is 5.82 Å². The highest BCUT2D eigenvalue weighted by Crippen LogP contribution is 2.25. The second kappa shape index (κ2) is 7.20. The zero-order valence-corrected chi connectivity index (χ0v) is 13.2. The van der Waals surface area contributed by atoms with Crippen molar-refractivity contribution in [2.24, 2.45) is 5.92 Å². The summed E-state index contributed by atoms with van der Waals surface area (Å²) in [4.78, 5) is 11.4. The van der Waals surface area contributed by atoms with Crippen LogP contribution in [0.15, 0.2) is 24.3 Å². The highest BCUT2D eigenvalue weighted by Gasteiger charge is 2.27. The van der Waals surface area contributed by atoms with Crippen LogP contribution in [0.25, 0.3) is 0 Å². The van der Waals surface area contributed by atoms with E-state index in [4.69, 9.17) is 0 Å². The van der Waals surface area contributed by atoms with E-state index in [0.717, 1.165) is 19.4 Å². The van der Waals surface area contributed by atoms with E-state index in [0.29, 0.717) is 24.4 Å². The van der Waals surface area contributed by atoms with Crippen LogP contribution < -0.4 is 10.6 Å². The van der Waals surface area contributed by atoms with Crippen LogP contribution in [0.5, 0.6) is 0 Å². The Hall–Kier alpha value is -1.46. The number of piperidine rings is 1. The zero-order valence-electron chi connectivity index (χ0n) is 13.2. The summed E-state index contributed by atoms with van der Waals surface area (Å²) in [6.45, 7) is 5.23. The molecule has 0 spiro atoms. The summed E-state index contributed by atoms with van der Waals surface area (Å²) < 4.78 is 13.2. The van der Waals surface area contributed by atoms with E-state index in [1.807, 2.05) is 0 Å². The summed E-state index contributed by atoms with van der Waals surface area (Å²) in [5.74, 6) is 0.137. The van der Waals surface area contributed by atoms with Crippen molar-refractivity contribution in [3.63, 3.8) is 0 Å². The van der Waals surface area contributed by atoms with Gasteiger partial charge in [-0.1, -0.05) is 12.1 Å². The predicted octanol–water partition coefficient (Wildman–Crippen LogP) is 2.14. The first-order valence-electron chi connectivity index (χ1n) is 7.81. The van der Waals surface area contributed by atoms with Crippen molar-refractivity contribution >= 4 is 5.91 Å². The Kier molecular flexibility index (Phi) is 5.53. The van der Waals surface area contributed by atoms with Crippen LogP contribution in [-0.2, 0) is 4.79 Å². The van der Waals surface area contributed by atoms with Crippen molar-refractivity contribution in [1.82, 2.24) is 10.6 Å².